The Morgan fingerprint density at radius 1 is 1.38 bits per heavy atom. The van der Waals surface area contributed by atoms with Gasteiger partial charge in [-0.15, -0.1) is 0 Å². The quantitative estimate of drug-likeness (QED) is 0.877. The number of hydrogen-bond acceptors (Lipinski definition) is 3. The fourth-order valence-electron chi connectivity index (χ4n) is 2.49. The summed E-state index contributed by atoms with van der Waals surface area (Å²) in [4.78, 5) is 13.5. The number of carbonyl (C=O) groups excluding carboxylic acids is 1. The molecule has 0 unspecified atom stereocenters. The van der Waals surface area contributed by atoms with Gasteiger partial charge in [0, 0.05) is 18.8 Å². The van der Waals surface area contributed by atoms with E-state index in [-0.39, 0.29) is 11.5 Å². The number of amides is 1. The van der Waals surface area contributed by atoms with E-state index in [0.29, 0.717) is 18.8 Å². The van der Waals surface area contributed by atoms with Crippen LogP contribution >= 0.6 is 0 Å². The van der Waals surface area contributed by atoms with Crippen molar-refractivity contribution in [3.05, 3.63) is 29.3 Å². The van der Waals surface area contributed by atoms with Crippen LogP contribution in [0.1, 0.15) is 25.0 Å². The Labute approximate surface area is 120 Å². The zero-order valence-corrected chi connectivity index (χ0v) is 11.8. The molecule has 1 saturated heterocycles. The van der Waals surface area contributed by atoms with Crippen LogP contribution in [0.25, 0.3) is 0 Å². The van der Waals surface area contributed by atoms with E-state index in [2.05, 4.69) is 5.32 Å². The number of carbonyl (C=O) groups is 1. The van der Waals surface area contributed by atoms with Crippen LogP contribution < -0.4 is 10.2 Å². The van der Waals surface area contributed by atoms with Gasteiger partial charge in [0.2, 0.25) is 5.91 Å². The summed E-state index contributed by atoms with van der Waals surface area (Å²) >= 11 is 0. The molecule has 2 rings (SSSR count). The van der Waals surface area contributed by atoms with E-state index in [0.717, 1.165) is 6.07 Å². The lowest BCUT2D eigenvalue weighted by molar-refractivity contribution is -0.138. The van der Waals surface area contributed by atoms with Gasteiger partial charge in [0.05, 0.1) is 12.2 Å². The van der Waals surface area contributed by atoms with Gasteiger partial charge in [-0.2, -0.15) is 13.2 Å². The first-order valence-electron chi connectivity index (χ1n) is 6.55. The molecule has 0 aromatic heterocycles. The number of anilines is 1. The highest BCUT2D eigenvalue weighted by molar-refractivity contribution is 5.90. The number of alkyl halides is 3. The average molecular weight is 302 g/mol. The van der Waals surface area contributed by atoms with Crippen LogP contribution in [0, 0.1) is 0 Å². The minimum absolute atomic E-state index is 0.175. The summed E-state index contributed by atoms with van der Waals surface area (Å²) < 4.78 is 39.1. The van der Waals surface area contributed by atoms with Gasteiger partial charge in [0.1, 0.15) is 5.54 Å². The largest absolute Gasteiger partial charge is 0.416 e. The summed E-state index contributed by atoms with van der Waals surface area (Å²) in [6.45, 7) is 3.45. The fourth-order valence-corrected chi connectivity index (χ4v) is 2.49. The van der Waals surface area contributed by atoms with E-state index in [4.69, 9.17) is 5.11 Å². The molecule has 116 valence electrons. The number of hydrogen-bond donors (Lipinski definition) is 2. The first kappa shape index (κ1) is 15.6. The minimum Gasteiger partial charge on any atom is -0.392 e. The van der Waals surface area contributed by atoms with Crippen molar-refractivity contribution in [2.75, 3.05) is 18.0 Å². The smallest absolute Gasteiger partial charge is 0.392 e. The van der Waals surface area contributed by atoms with E-state index >= 15 is 0 Å². The average Bonchev–Trinajstić information content (AvgIpc) is 2.40. The van der Waals surface area contributed by atoms with Gasteiger partial charge >= 0.3 is 6.18 Å². The lowest BCUT2D eigenvalue weighted by atomic mass is 9.96. The maximum atomic E-state index is 13.0. The van der Waals surface area contributed by atoms with E-state index in [1.54, 1.807) is 18.7 Å². The van der Waals surface area contributed by atoms with Crippen LogP contribution in [-0.2, 0) is 17.6 Å². The van der Waals surface area contributed by atoms with E-state index in [1.807, 2.05) is 0 Å². The molecule has 1 amide bonds. The summed E-state index contributed by atoms with van der Waals surface area (Å²) in [6.07, 6.45) is -4.55. The Balaban J connectivity index is 2.48. The molecule has 1 aromatic rings. The van der Waals surface area contributed by atoms with Gasteiger partial charge in [0.15, 0.2) is 0 Å². The van der Waals surface area contributed by atoms with Crippen molar-refractivity contribution in [3.63, 3.8) is 0 Å². The van der Waals surface area contributed by atoms with Gasteiger partial charge in [-0.1, -0.05) is 6.07 Å². The topological polar surface area (TPSA) is 52.6 Å². The van der Waals surface area contributed by atoms with E-state index in [9.17, 15) is 18.0 Å². The molecule has 0 bridgehead atoms. The van der Waals surface area contributed by atoms with Crippen molar-refractivity contribution in [1.29, 1.82) is 0 Å². The van der Waals surface area contributed by atoms with Crippen LogP contribution in [0.5, 0.6) is 0 Å². The molecule has 0 atom stereocenters. The van der Waals surface area contributed by atoms with Gasteiger partial charge in [-0.25, -0.2) is 0 Å². The second kappa shape index (κ2) is 5.22. The first-order valence-corrected chi connectivity index (χ1v) is 6.55. The highest BCUT2D eigenvalue weighted by Gasteiger charge is 2.39. The molecule has 7 heteroatoms. The number of benzene rings is 1. The molecular formula is C14H17F3N2O2. The lowest BCUT2D eigenvalue weighted by Gasteiger charge is -2.43. The molecule has 1 aliphatic rings. The molecule has 1 heterocycles. The number of nitrogens with one attached hydrogen (secondary N) is 1. The summed E-state index contributed by atoms with van der Waals surface area (Å²) in [5.74, 6) is -0.228. The molecule has 1 fully saturated rings. The number of nitrogens with zero attached hydrogens (tertiary/aromatic N) is 1. The molecule has 0 radical (unpaired) electrons. The van der Waals surface area contributed by atoms with Crippen molar-refractivity contribution < 1.29 is 23.1 Å². The number of aliphatic hydroxyl groups excluding tert-OH is 1. The zero-order chi connectivity index (χ0) is 15.8. The van der Waals surface area contributed by atoms with Gasteiger partial charge < -0.3 is 15.3 Å². The van der Waals surface area contributed by atoms with Crippen molar-refractivity contribution in [1.82, 2.24) is 5.32 Å². The molecule has 4 nitrogen and oxygen atoms in total. The SMILES string of the molecule is CC1(C)C(=O)NCCN1c1ccc(CO)c(C(F)(F)F)c1. The van der Waals surface area contributed by atoms with Gasteiger partial charge in [0.25, 0.3) is 0 Å². The Morgan fingerprint density at radius 3 is 2.62 bits per heavy atom. The first-order chi connectivity index (χ1) is 9.67. The second-order valence-corrected chi connectivity index (χ2v) is 5.46. The predicted octanol–water partition coefficient (Wildman–Crippen LogP) is 1.91. The molecule has 2 N–H and O–H groups in total. The van der Waals surface area contributed by atoms with Crippen molar-refractivity contribution >= 4 is 11.6 Å². The maximum Gasteiger partial charge on any atom is 0.416 e. The molecule has 1 aliphatic heterocycles. The summed E-state index contributed by atoms with van der Waals surface area (Å²) in [7, 11) is 0. The van der Waals surface area contributed by atoms with Crippen LogP contribution in [0.3, 0.4) is 0 Å². The van der Waals surface area contributed by atoms with Crippen molar-refractivity contribution in [2.45, 2.75) is 32.2 Å². The standard InChI is InChI=1S/C14H17F3N2O2/c1-13(2)12(21)18-5-6-19(13)10-4-3-9(8-20)11(7-10)14(15,16)17/h3-4,7,20H,5-6,8H2,1-2H3,(H,18,21). The van der Waals surface area contributed by atoms with Crippen molar-refractivity contribution in [2.24, 2.45) is 0 Å². The third kappa shape index (κ3) is 2.83. The highest BCUT2D eigenvalue weighted by Crippen LogP contribution is 2.36. The summed E-state index contributed by atoms with van der Waals surface area (Å²) in [5.41, 5.74) is -1.66. The van der Waals surface area contributed by atoms with Crippen LogP contribution in [0.4, 0.5) is 18.9 Å². The van der Waals surface area contributed by atoms with Gasteiger partial charge in [-0.05, 0) is 31.5 Å². The maximum absolute atomic E-state index is 13.0. The molecule has 0 spiro atoms. The van der Waals surface area contributed by atoms with Crippen LogP contribution in [0.2, 0.25) is 0 Å². The molecular weight excluding hydrogens is 285 g/mol. The minimum atomic E-state index is -4.55. The summed E-state index contributed by atoms with van der Waals surface area (Å²) in [6, 6.07) is 3.74. The number of aliphatic hydroxyl groups is 1. The Kier molecular flexibility index (Phi) is 3.88. The fraction of sp³-hybridized carbons (Fsp3) is 0.500. The monoisotopic (exact) mass is 302 g/mol. The molecule has 0 saturated carbocycles. The third-order valence-electron chi connectivity index (χ3n) is 3.73. The van der Waals surface area contributed by atoms with Crippen LogP contribution in [0.15, 0.2) is 18.2 Å². The summed E-state index contributed by atoms with van der Waals surface area (Å²) in [5, 5.41) is 11.7. The number of piperazine rings is 1. The molecule has 0 aliphatic carbocycles. The normalized spacial score (nSPS) is 18.6. The molecule has 21 heavy (non-hydrogen) atoms. The van der Waals surface area contributed by atoms with E-state index < -0.39 is 23.9 Å². The lowest BCUT2D eigenvalue weighted by Crippen LogP contribution is -2.62. The third-order valence-corrected chi connectivity index (χ3v) is 3.73. The second-order valence-electron chi connectivity index (χ2n) is 5.46. The van der Waals surface area contributed by atoms with Crippen LogP contribution in [-0.4, -0.2) is 29.6 Å². The van der Waals surface area contributed by atoms with Gasteiger partial charge in [-0.3, -0.25) is 4.79 Å². The highest BCUT2D eigenvalue weighted by atomic mass is 19.4. The Morgan fingerprint density at radius 2 is 2.05 bits per heavy atom. The van der Waals surface area contributed by atoms with Crippen molar-refractivity contribution in [3.8, 4) is 0 Å². The Bertz CT molecular complexity index is 556. The zero-order valence-electron chi connectivity index (χ0n) is 11.8. The van der Waals surface area contributed by atoms with E-state index in [1.165, 1.54) is 12.1 Å². The predicted molar refractivity (Wildman–Crippen MR) is 71.8 cm³/mol. The number of rotatable bonds is 2. The number of halogens is 3. The molecule has 1 aromatic carbocycles. The Hall–Kier alpha value is -1.76.